The van der Waals surface area contributed by atoms with Gasteiger partial charge < -0.3 is 19.9 Å². The van der Waals surface area contributed by atoms with Gasteiger partial charge in [0, 0.05) is 31.7 Å². The molecular weight excluding hydrogens is 467 g/mol. The third-order valence-corrected chi connectivity index (χ3v) is 6.95. The fraction of sp³-hybridized carbons (Fsp3) is 0.850. The molecule has 2 saturated carbocycles. The molecule has 1 aromatic heterocycles. The van der Waals surface area contributed by atoms with E-state index in [1.165, 1.54) is 25.7 Å². The van der Waals surface area contributed by atoms with Crippen LogP contribution >= 0.6 is 24.0 Å². The van der Waals surface area contributed by atoms with E-state index in [0.29, 0.717) is 24.7 Å². The number of ether oxygens (including phenoxy) is 1. The molecule has 8 heteroatoms. The second kappa shape index (κ2) is 10.2. The van der Waals surface area contributed by atoms with E-state index in [2.05, 4.69) is 34.7 Å². The first-order valence-corrected chi connectivity index (χ1v) is 10.5. The maximum atomic E-state index is 5.76. The second-order valence-electron chi connectivity index (χ2n) is 8.11. The number of methoxy groups -OCH3 is 1. The van der Waals surface area contributed by atoms with Crippen LogP contribution in [0.2, 0.25) is 0 Å². The highest BCUT2D eigenvalue weighted by Crippen LogP contribution is 2.48. The summed E-state index contributed by atoms with van der Waals surface area (Å²) in [7, 11) is 3.83. The predicted molar refractivity (Wildman–Crippen MR) is 123 cm³/mol. The summed E-state index contributed by atoms with van der Waals surface area (Å²) in [6.07, 6.45) is 8.64. The van der Waals surface area contributed by atoms with E-state index in [1.54, 1.807) is 0 Å². The zero-order valence-electron chi connectivity index (χ0n) is 18.0. The quantitative estimate of drug-likeness (QED) is 0.339. The van der Waals surface area contributed by atoms with Crippen molar-refractivity contribution in [2.24, 2.45) is 17.5 Å². The van der Waals surface area contributed by atoms with Crippen LogP contribution in [-0.4, -0.2) is 46.0 Å². The molecule has 0 saturated heterocycles. The first-order valence-electron chi connectivity index (χ1n) is 10.5. The van der Waals surface area contributed by atoms with Crippen LogP contribution < -0.4 is 10.6 Å². The molecule has 0 bridgehead atoms. The van der Waals surface area contributed by atoms with Crippen molar-refractivity contribution >= 4 is 29.9 Å². The Bertz CT molecular complexity index is 651. The summed E-state index contributed by atoms with van der Waals surface area (Å²) in [5, 5.41) is 15.8. The van der Waals surface area contributed by atoms with Crippen LogP contribution in [-0.2, 0) is 18.3 Å². The van der Waals surface area contributed by atoms with Crippen molar-refractivity contribution in [1.82, 2.24) is 25.4 Å². The average molecular weight is 504 g/mol. The van der Waals surface area contributed by atoms with Crippen molar-refractivity contribution in [3.8, 4) is 0 Å². The van der Waals surface area contributed by atoms with Gasteiger partial charge in [-0.3, -0.25) is 0 Å². The molecule has 2 fully saturated rings. The number of guanidine groups is 1. The van der Waals surface area contributed by atoms with Gasteiger partial charge in [0.15, 0.2) is 11.8 Å². The Morgan fingerprint density at radius 1 is 1.21 bits per heavy atom. The lowest BCUT2D eigenvalue weighted by Gasteiger charge is -2.55. The average Bonchev–Trinajstić information content (AvgIpc) is 3.28. The van der Waals surface area contributed by atoms with E-state index in [0.717, 1.165) is 36.9 Å². The summed E-state index contributed by atoms with van der Waals surface area (Å²) < 4.78 is 7.76. The molecule has 2 N–H and O–H groups in total. The largest absolute Gasteiger partial charge is 0.381 e. The van der Waals surface area contributed by atoms with Gasteiger partial charge in [-0.15, -0.1) is 34.2 Å². The summed E-state index contributed by atoms with van der Waals surface area (Å²) in [5.74, 6) is 2.71. The number of hydrogen-bond donors (Lipinski definition) is 2. The molecule has 160 valence electrons. The van der Waals surface area contributed by atoms with Crippen LogP contribution in [0.4, 0.5) is 0 Å². The number of rotatable bonds is 7. The highest BCUT2D eigenvalue weighted by atomic mass is 127. The van der Waals surface area contributed by atoms with Gasteiger partial charge >= 0.3 is 0 Å². The van der Waals surface area contributed by atoms with Gasteiger partial charge in [0.2, 0.25) is 0 Å². The van der Waals surface area contributed by atoms with E-state index >= 15 is 0 Å². The molecule has 0 radical (unpaired) electrons. The fourth-order valence-corrected chi connectivity index (χ4v) is 4.78. The van der Waals surface area contributed by atoms with Crippen molar-refractivity contribution < 1.29 is 4.74 Å². The van der Waals surface area contributed by atoms with Crippen LogP contribution in [0, 0.1) is 12.3 Å². The predicted octanol–water partition coefficient (Wildman–Crippen LogP) is 3.31. The summed E-state index contributed by atoms with van der Waals surface area (Å²) >= 11 is 0. The first-order chi connectivity index (χ1) is 13.0. The van der Waals surface area contributed by atoms with Crippen molar-refractivity contribution in [2.75, 3.05) is 7.11 Å². The first kappa shape index (κ1) is 23.4. The lowest BCUT2D eigenvalue weighted by atomic mass is 9.58. The number of aryl methyl sites for hydroxylation is 1. The molecule has 0 aromatic carbocycles. The Kier molecular flexibility index (Phi) is 8.54. The topological polar surface area (TPSA) is 76.4 Å². The molecular formula is C20H37IN6O. The Morgan fingerprint density at radius 2 is 1.89 bits per heavy atom. The van der Waals surface area contributed by atoms with Crippen LogP contribution in [0.1, 0.15) is 70.4 Å². The Morgan fingerprint density at radius 3 is 2.43 bits per heavy atom. The van der Waals surface area contributed by atoms with Gasteiger partial charge in [0.25, 0.3) is 0 Å². The zero-order valence-corrected chi connectivity index (χ0v) is 20.3. The normalized spacial score (nSPS) is 24.5. The molecule has 3 rings (SSSR count). The summed E-state index contributed by atoms with van der Waals surface area (Å²) in [6.45, 7) is 7.04. The van der Waals surface area contributed by atoms with Gasteiger partial charge in [0.05, 0.1) is 6.10 Å². The summed E-state index contributed by atoms with van der Waals surface area (Å²) in [6, 6.07) is 0.916. The summed E-state index contributed by atoms with van der Waals surface area (Å²) in [5.41, 5.74) is 0.189. The molecule has 2 unspecified atom stereocenters. The van der Waals surface area contributed by atoms with E-state index in [4.69, 9.17) is 9.73 Å². The third-order valence-electron chi connectivity index (χ3n) is 6.95. The van der Waals surface area contributed by atoms with E-state index in [1.807, 2.05) is 25.6 Å². The van der Waals surface area contributed by atoms with Crippen molar-refractivity contribution in [3.63, 3.8) is 0 Å². The van der Waals surface area contributed by atoms with Gasteiger partial charge in [-0.1, -0.05) is 26.7 Å². The monoisotopic (exact) mass is 504 g/mol. The number of halogens is 1. The van der Waals surface area contributed by atoms with E-state index in [-0.39, 0.29) is 29.4 Å². The van der Waals surface area contributed by atoms with Crippen LogP contribution in [0.15, 0.2) is 4.99 Å². The molecule has 1 aromatic rings. The molecule has 0 spiro atoms. The number of nitrogens with one attached hydrogen (secondary N) is 2. The number of aromatic nitrogens is 3. The van der Waals surface area contributed by atoms with E-state index in [9.17, 15) is 0 Å². The Balaban J connectivity index is 0.00000280. The fourth-order valence-electron chi connectivity index (χ4n) is 4.78. The highest BCUT2D eigenvalue weighted by molar-refractivity contribution is 14.0. The molecule has 0 amide bonds. The van der Waals surface area contributed by atoms with Crippen molar-refractivity contribution in [1.29, 1.82) is 0 Å². The molecule has 28 heavy (non-hydrogen) atoms. The van der Waals surface area contributed by atoms with Crippen molar-refractivity contribution in [3.05, 3.63) is 11.6 Å². The highest BCUT2D eigenvalue weighted by Gasteiger charge is 2.53. The van der Waals surface area contributed by atoms with Crippen LogP contribution in [0.25, 0.3) is 0 Å². The standard InChI is InChI=1S/C20H36N6O.HI/c1-6-20(7-2)16(12-17(20)27-5)23-19(22-15-10-8-9-11-15)21-13-18-25-24-14(3)26(18)4;/h15-17H,6-13H2,1-5H3,(H2,21,22,23);1H. The molecule has 0 aliphatic heterocycles. The Labute approximate surface area is 186 Å². The maximum Gasteiger partial charge on any atom is 0.192 e. The second-order valence-corrected chi connectivity index (χ2v) is 8.11. The van der Waals surface area contributed by atoms with Gasteiger partial charge in [-0.2, -0.15) is 0 Å². The number of hydrogen-bond acceptors (Lipinski definition) is 4. The number of aliphatic imine (C=N–C) groups is 1. The smallest absolute Gasteiger partial charge is 0.192 e. The zero-order chi connectivity index (χ0) is 19.4. The van der Waals surface area contributed by atoms with Crippen LogP contribution in [0.3, 0.4) is 0 Å². The minimum absolute atomic E-state index is 0. The minimum atomic E-state index is 0. The van der Waals surface area contributed by atoms with E-state index < -0.39 is 0 Å². The molecule has 1 heterocycles. The maximum absolute atomic E-state index is 5.76. The third kappa shape index (κ3) is 4.63. The molecule has 2 aliphatic rings. The molecule has 7 nitrogen and oxygen atoms in total. The lowest BCUT2D eigenvalue weighted by Crippen LogP contribution is -2.65. The SMILES string of the molecule is CCC1(CC)C(NC(=NCc2nnc(C)n2C)NC2CCCC2)CC1OC.I. The van der Waals surface area contributed by atoms with Crippen LogP contribution in [0.5, 0.6) is 0 Å². The summed E-state index contributed by atoms with van der Waals surface area (Å²) in [4.78, 5) is 4.87. The lowest BCUT2D eigenvalue weighted by molar-refractivity contribution is -0.118. The Hall–Kier alpha value is -0.900. The van der Waals surface area contributed by atoms with Gasteiger partial charge in [-0.05, 0) is 39.0 Å². The number of nitrogens with zero attached hydrogens (tertiary/aromatic N) is 4. The van der Waals surface area contributed by atoms with Crippen molar-refractivity contribution in [2.45, 2.75) is 90.4 Å². The molecule has 2 aliphatic carbocycles. The van der Waals surface area contributed by atoms with Gasteiger partial charge in [0.1, 0.15) is 12.4 Å². The molecule has 2 atom stereocenters. The minimum Gasteiger partial charge on any atom is -0.381 e. The van der Waals surface area contributed by atoms with Gasteiger partial charge in [-0.25, -0.2) is 4.99 Å².